The number of ether oxygens (including phenoxy) is 4. The first kappa shape index (κ1) is 107. The fourth-order valence-corrected chi connectivity index (χ4v) is 28.2. The van der Waals surface area contributed by atoms with E-state index in [-0.39, 0.29) is 44.1 Å². The molecule has 2 fully saturated rings. The van der Waals surface area contributed by atoms with Gasteiger partial charge in [0.15, 0.2) is 22.7 Å². The van der Waals surface area contributed by atoms with Gasteiger partial charge in [0.1, 0.15) is 11.1 Å². The van der Waals surface area contributed by atoms with Gasteiger partial charge < -0.3 is 39.2 Å². The molecule has 141 heavy (non-hydrogen) atoms. The zero-order valence-corrected chi connectivity index (χ0v) is 88.5. The second kappa shape index (κ2) is 52.8. The standard InChI is InChI=1S/C25H27ClO4.C19H23BrO4.4C18H15P.C6H6BClO2.Pd/c1-14-13-15(2)21(16(3)20(14)17-5-7-18(26)8-6-17)22-23(27)25(30-24(22)28)11-9-19(29-4)10-12-25;1-10-9-11(2)16(20)12(3)14(10)15-17(21)19(24-18(15)22)7-5-13(23-4)6-8-19;4*1-4-10-16(11-5-1)19(17-12-6-2-7-13-17)18-14-8-3-9-15-18;8-6-3-1-5(2-4-6)7(9)10;/h5-8,13,19,27H,9-12H2,1-4H3;9,13,21H,5-8H2,1-4H3;4*1-15H;1-4,9-10H;. The third-order valence-electron chi connectivity index (χ3n) is 25.3. The van der Waals surface area contributed by atoms with E-state index in [4.69, 9.17) is 52.2 Å². The minimum atomic E-state index is -1.41. The SMILES string of the molecule is COC1CCC2(CC1)OC(=O)C(c1c(C)cc(C)c(-c3ccc(Cl)cc3)c1C)=C2O.COC1CCC2(CC1)OC(=O)C(c1c(C)cc(C)c(Br)c1C)=C2O.OB(O)c1ccc(Cl)cc1.[Pd].c1ccc(P(c2ccccc2)c2ccccc2)cc1.c1ccc(P(c2ccccc2)c2ccccc2)cc1.c1ccc(P(c2ccccc2)c2ccccc2)cc1.c1ccc(P(c2ccccc2)c2ccccc2)cc1. The predicted molar refractivity (Wildman–Crippen MR) is 597 cm³/mol. The number of aliphatic hydroxyl groups excluding tert-OH is 2. The molecule has 0 aromatic heterocycles. The largest absolute Gasteiger partial charge is 0.507 e. The maximum atomic E-state index is 13.0. The zero-order valence-electron chi connectivity index (χ0n) is 80.3. The van der Waals surface area contributed by atoms with Crippen molar-refractivity contribution < 1.29 is 69.2 Å². The molecule has 19 heteroatoms. The van der Waals surface area contributed by atoms with Gasteiger partial charge in [0.05, 0.1) is 12.2 Å². The number of benzene rings is 16. The molecule has 10 nitrogen and oxygen atoms in total. The Morgan fingerprint density at radius 3 is 0.738 bits per heavy atom. The van der Waals surface area contributed by atoms with E-state index in [2.05, 4.69) is 393 Å². The normalized spacial score (nSPS) is 16.1. The zero-order chi connectivity index (χ0) is 98.5. The summed E-state index contributed by atoms with van der Waals surface area (Å²) >= 11 is 15.2. The van der Waals surface area contributed by atoms with Crippen LogP contribution in [0.5, 0.6) is 0 Å². The molecule has 0 saturated heterocycles. The summed E-state index contributed by atoms with van der Waals surface area (Å²) in [7, 11) is 0.202. The Kier molecular flexibility index (Phi) is 40.1. The van der Waals surface area contributed by atoms with Gasteiger partial charge >= 0.3 is 19.1 Å². The molecule has 2 saturated carbocycles. The molecule has 718 valence electrons. The minimum Gasteiger partial charge on any atom is -0.507 e. The molecule has 0 amide bonds. The number of esters is 2. The second-order valence-corrected chi connectivity index (χ2v) is 45.1. The van der Waals surface area contributed by atoms with Gasteiger partial charge in [0, 0.05) is 49.2 Å². The summed E-state index contributed by atoms with van der Waals surface area (Å²) in [6.45, 7) is 12.0. The minimum absolute atomic E-state index is 0. The van der Waals surface area contributed by atoms with E-state index >= 15 is 0 Å². The van der Waals surface area contributed by atoms with Crippen molar-refractivity contribution in [1.29, 1.82) is 0 Å². The maximum Gasteiger partial charge on any atom is 0.488 e. The third-order valence-corrected chi connectivity index (χ3v) is 36.8. The second-order valence-electron chi connectivity index (χ2n) is 34.6. The molecule has 16 aromatic carbocycles. The van der Waals surface area contributed by atoms with Gasteiger partial charge in [0.2, 0.25) is 0 Å². The molecule has 4 N–H and O–H groups in total. The number of aliphatic hydroxyl groups is 2. The summed E-state index contributed by atoms with van der Waals surface area (Å²) < 4.78 is 23.3. The van der Waals surface area contributed by atoms with E-state index in [0.717, 1.165) is 85.8 Å². The monoisotopic (exact) mass is 2130 g/mol. The number of halogens is 3. The van der Waals surface area contributed by atoms with Crippen LogP contribution in [-0.4, -0.2) is 76.9 Å². The van der Waals surface area contributed by atoms with E-state index in [9.17, 15) is 19.8 Å². The topological polar surface area (TPSA) is 152 Å². The Morgan fingerprint density at radius 2 is 0.518 bits per heavy atom. The fraction of sp³-hybridized carbons (Fsp3) is 0.164. The van der Waals surface area contributed by atoms with Gasteiger partial charge in [-0.15, -0.1) is 0 Å². The van der Waals surface area contributed by atoms with Crippen molar-refractivity contribution in [1.82, 2.24) is 0 Å². The van der Waals surface area contributed by atoms with Crippen LogP contribution in [0.2, 0.25) is 10.0 Å². The van der Waals surface area contributed by atoms with Gasteiger partial charge in [-0.25, -0.2) is 9.59 Å². The molecular formula is C122H116BBrCl2O10P4Pd. The van der Waals surface area contributed by atoms with Crippen LogP contribution in [0.1, 0.15) is 95.9 Å². The van der Waals surface area contributed by atoms with Crippen LogP contribution in [0.3, 0.4) is 0 Å². The summed E-state index contributed by atoms with van der Waals surface area (Å²) in [6, 6.07) is 147. The molecular weight excluding hydrogens is 2020 g/mol. The predicted octanol–water partition coefficient (Wildman–Crippen LogP) is 24.4. The molecule has 2 heterocycles. The summed E-state index contributed by atoms with van der Waals surface area (Å²) in [5, 5.41) is 57.5. The fourth-order valence-electron chi connectivity index (χ4n) is 18.4. The maximum absolute atomic E-state index is 13.0. The summed E-state index contributed by atoms with van der Waals surface area (Å²) in [5.74, 6) is -0.714. The van der Waals surface area contributed by atoms with Crippen molar-refractivity contribution in [3.05, 3.63) is 495 Å². The Balaban J connectivity index is 0.000000140. The van der Waals surface area contributed by atoms with Crippen molar-refractivity contribution >= 4 is 170 Å². The molecule has 16 aromatic rings. The Bertz CT molecular complexity index is 5870. The van der Waals surface area contributed by atoms with Gasteiger partial charge in [-0.05, 0) is 274 Å². The van der Waals surface area contributed by atoms with E-state index in [1.165, 1.54) is 63.7 Å². The molecule has 0 unspecified atom stereocenters. The smallest absolute Gasteiger partial charge is 0.488 e. The van der Waals surface area contributed by atoms with Crippen molar-refractivity contribution in [2.75, 3.05) is 14.2 Å². The van der Waals surface area contributed by atoms with Crippen molar-refractivity contribution in [3.63, 3.8) is 0 Å². The summed E-state index contributed by atoms with van der Waals surface area (Å²) in [6.07, 6.45) is 5.70. The van der Waals surface area contributed by atoms with E-state index < -0.39 is 61.9 Å². The average molecular weight is 2130 g/mol. The summed E-state index contributed by atoms with van der Waals surface area (Å²) in [5.41, 5.74) is 8.92. The number of methoxy groups -OCH3 is 2. The first-order valence-corrected chi connectivity index (χ1v) is 54.0. The Labute approximate surface area is 869 Å². The van der Waals surface area contributed by atoms with Gasteiger partial charge in [-0.1, -0.05) is 440 Å². The van der Waals surface area contributed by atoms with Gasteiger partial charge in [0.25, 0.3) is 0 Å². The van der Waals surface area contributed by atoms with E-state index in [0.29, 0.717) is 52.3 Å². The molecule has 4 aliphatic rings. The molecule has 0 bridgehead atoms. The quantitative estimate of drug-likeness (QED) is 0.0371. The molecule has 2 aliphatic heterocycles. The van der Waals surface area contributed by atoms with Crippen LogP contribution in [0.25, 0.3) is 22.3 Å². The van der Waals surface area contributed by atoms with Crippen LogP contribution >= 0.6 is 70.8 Å². The number of hydrogen-bond acceptors (Lipinski definition) is 10. The number of rotatable bonds is 18. The first-order valence-electron chi connectivity index (χ1n) is 47.0. The first-order chi connectivity index (χ1) is 68.1. The van der Waals surface area contributed by atoms with Gasteiger partial charge in [-0.3, -0.25) is 0 Å². The average Bonchev–Trinajstić information content (AvgIpc) is 1.59. The van der Waals surface area contributed by atoms with Crippen molar-refractivity contribution in [2.45, 2.75) is 116 Å². The molecule has 2 spiro atoms. The molecule has 20 rings (SSSR count). The third kappa shape index (κ3) is 27.5. The van der Waals surface area contributed by atoms with Gasteiger partial charge in [-0.2, -0.15) is 0 Å². The molecule has 2 aliphatic carbocycles. The summed E-state index contributed by atoms with van der Waals surface area (Å²) in [4.78, 5) is 25.6. The number of carbonyl (C=O) groups is 2. The number of hydrogen-bond donors (Lipinski definition) is 4. The molecule has 0 radical (unpaired) electrons. The number of aryl methyl sites for hydroxylation is 4. The van der Waals surface area contributed by atoms with Crippen LogP contribution in [0.15, 0.2) is 441 Å². The number of carbonyl (C=O) groups excluding carboxylic acids is 2. The van der Waals surface area contributed by atoms with Crippen LogP contribution in [-0.2, 0) is 49.0 Å². The van der Waals surface area contributed by atoms with Crippen LogP contribution in [0.4, 0.5) is 0 Å². The van der Waals surface area contributed by atoms with Crippen LogP contribution < -0.4 is 69.1 Å². The Hall–Kier alpha value is -11.1. The van der Waals surface area contributed by atoms with E-state index in [1.807, 2.05) is 65.0 Å². The van der Waals surface area contributed by atoms with Crippen molar-refractivity contribution in [3.8, 4) is 11.1 Å². The van der Waals surface area contributed by atoms with Crippen molar-refractivity contribution in [2.24, 2.45) is 0 Å². The molecule has 0 atom stereocenters. The van der Waals surface area contributed by atoms with E-state index in [1.54, 1.807) is 38.5 Å². The Morgan fingerprint density at radius 1 is 0.312 bits per heavy atom. The van der Waals surface area contributed by atoms with Crippen LogP contribution in [0, 0.1) is 41.5 Å².